The number of hydrogen-bond acceptors (Lipinski definition) is 4. The van der Waals surface area contributed by atoms with Gasteiger partial charge in [-0.2, -0.15) is 0 Å². The maximum absolute atomic E-state index is 11.6. The van der Waals surface area contributed by atoms with Gasteiger partial charge in [0.15, 0.2) is 9.84 Å². The van der Waals surface area contributed by atoms with Crippen LogP contribution in [0.2, 0.25) is 10.0 Å². The van der Waals surface area contributed by atoms with Crippen molar-refractivity contribution in [1.82, 2.24) is 4.98 Å². The van der Waals surface area contributed by atoms with Gasteiger partial charge in [0.05, 0.1) is 15.6 Å². The molecule has 0 unspecified atom stereocenters. The van der Waals surface area contributed by atoms with Crippen LogP contribution in [0.5, 0.6) is 0 Å². The standard InChI is InChI=1S/C19H16Cl2N2O2S/c1-26(24,25)15-7-5-13(18(21)11-15)12-23-14-6-8-17(20)16(10-14)19-4-2-3-9-22-19/h2-11,23H,12H2,1H3. The highest BCUT2D eigenvalue weighted by Gasteiger charge is 2.11. The molecule has 2 aromatic carbocycles. The van der Waals surface area contributed by atoms with Crippen LogP contribution >= 0.6 is 23.2 Å². The molecule has 0 bridgehead atoms. The van der Waals surface area contributed by atoms with Gasteiger partial charge in [-0.05, 0) is 48.0 Å². The molecule has 3 aromatic rings. The Kier molecular flexibility index (Phi) is 5.51. The zero-order chi connectivity index (χ0) is 18.7. The number of hydrogen-bond donors (Lipinski definition) is 1. The van der Waals surface area contributed by atoms with E-state index in [0.717, 1.165) is 28.8 Å². The van der Waals surface area contributed by atoms with E-state index in [1.54, 1.807) is 18.3 Å². The third kappa shape index (κ3) is 4.36. The van der Waals surface area contributed by atoms with Crippen LogP contribution in [-0.2, 0) is 16.4 Å². The molecule has 4 nitrogen and oxygen atoms in total. The number of aromatic nitrogens is 1. The van der Waals surface area contributed by atoms with E-state index in [1.807, 2.05) is 36.4 Å². The van der Waals surface area contributed by atoms with Crippen molar-refractivity contribution in [1.29, 1.82) is 0 Å². The average Bonchev–Trinajstić information content (AvgIpc) is 2.61. The van der Waals surface area contributed by atoms with Crippen LogP contribution < -0.4 is 5.32 Å². The minimum absolute atomic E-state index is 0.204. The third-order valence-corrected chi connectivity index (χ3v) is 5.63. The predicted molar refractivity (Wildman–Crippen MR) is 107 cm³/mol. The Balaban J connectivity index is 1.81. The summed E-state index contributed by atoms with van der Waals surface area (Å²) >= 11 is 12.5. The number of halogens is 2. The molecule has 0 fully saturated rings. The van der Waals surface area contributed by atoms with Crippen molar-refractivity contribution < 1.29 is 8.42 Å². The fourth-order valence-corrected chi connectivity index (χ4v) is 3.63. The van der Waals surface area contributed by atoms with Crippen LogP contribution in [0, 0.1) is 0 Å². The van der Waals surface area contributed by atoms with Crippen LogP contribution in [0.15, 0.2) is 65.7 Å². The Morgan fingerprint density at radius 1 is 1.00 bits per heavy atom. The first-order chi connectivity index (χ1) is 12.3. The Morgan fingerprint density at radius 2 is 1.81 bits per heavy atom. The Labute approximate surface area is 162 Å². The molecule has 0 atom stereocenters. The molecule has 1 N–H and O–H groups in total. The first kappa shape index (κ1) is 18.7. The van der Waals surface area contributed by atoms with Gasteiger partial charge < -0.3 is 5.32 Å². The van der Waals surface area contributed by atoms with Crippen LogP contribution in [0.4, 0.5) is 5.69 Å². The van der Waals surface area contributed by atoms with E-state index >= 15 is 0 Å². The van der Waals surface area contributed by atoms with Gasteiger partial charge in [0.25, 0.3) is 0 Å². The fourth-order valence-electron chi connectivity index (χ4n) is 2.45. The molecular weight excluding hydrogens is 391 g/mol. The summed E-state index contributed by atoms with van der Waals surface area (Å²) in [7, 11) is -3.28. The van der Waals surface area contributed by atoms with Gasteiger partial charge in [0.2, 0.25) is 0 Å². The van der Waals surface area contributed by atoms with Crippen molar-refractivity contribution in [2.45, 2.75) is 11.4 Å². The summed E-state index contributed by atoms with van der Waals surface area (Å²) in [4.78, 5) is 4.53. The van der Waals surface area contributed by atoms with Crippen molar-refractivity contribution in [3.8, 4) is 11.3 Å². The lowest BCUT2D eigenvalue weighted by Crippen LogP contribution is -2.02. The van der Waals surface area contributed by atoms with E-state index in [0.29, 0.717) is 16.6 Å². The monoisotopic (exact) mass is 406 g/mol. The molecule has 0 aliphatic carbocycles. The molecule has 0 radical (unpaired) electrons. The molecule has 0 aliphatic heterocycles. The second kappa shape index (κ2) is 7.66. The Morgan fingerprint density at radius 3 is 2.46 bits per heavy atom. The summed E-state index contributed by atoms with van der Waals surface area (Å²) in [5, 5.41) is 4.29. The first-order valence-corrected chi connectivity index (χ1v) is 10.4. The van der Waals surface area contributed by atoms with E-state index < -0.39 is 9.84 Å². The van der Waals surface area contributed by atoms with E-state index in [4.69, 9.17) is 23.2 Å². The summed E-state index contributed by atoms with van der Waals surface area (Å²) in [5.41, 5.74) is 3.28. The molecule has 134 valence electrons. The Bertz CT molecular complexity index is 1040. The van der Waals surface area contributed by atoms with Crippen molar-refractivity contribution in [2.75, 3.05) is 11.6 Å². The number of anilines is 1. The molecule has 3 rings (SSSR count). The molecular formula is C19H16Cl2N2O2S. The van der Waals surface area contributed by atoms with E-state index in [1.165, 1.54) is 6.07 Å². The van der Waals surface area contributed by atoms with Crippen molar-refractivity contribution >= 4 is 38.7 Å². The van der Waals surface area contributed by atoms with E-state index in [2.05, 4.69) is 10.3 Å². The minimum Gasteiger partial charge on any atom is -0.381 e. The zero-order valence-corrected chi connectivity index (χ0v) is 16.2. The number of rotatable bonds is 5. The molecule has 0 saturated carbocycles. The van der Waals surface area contributed by atoms with Crippen molar-refractivity contribution in [3.05, 3.63) is 76.4 Å². The number of pyridine rings is 1. The summed E-state index contributed by atoms with van der Waals surface area (Å²) < 4.78 is 23.2. The SMILES string of the molecule is CS(=O)(=O)c1ccc(CNc2ccc(Cl)c(-c3ccccn3)c2)c(Cl)c1. The second-order valence-electron chi connectivity index (χ2n) is 5.79. The van der Waals surface area contributed by atoms with Gasteiger partial charge in [-0.3, -0.25) is 4.98 Å². The highest BCUT2D eigenvalue weighted by molar-refractivity contribution is 7.90. The minimum atomic E-state index is -3.28. The predicted octanol–water partition coefficient (Wildman–Crippen LogP) is 5.07. The lowest BCUT2D eigenvalue weighted by molar-refractivity contribution is 0.602. The summed E-state index contributed by atoms with van der Waals surface area (Å²) in [5.74, 6) is 0. The van der Waals surface area contributed by atoms with E-state index in [9.17, 15) is 8.42 Å². The fraction of sp³-hybridized carbons (Fsp3) is 0.105. The zero-order valence-electron chi connectivity index (χ0n) is 13.9. The van der Waals surface area contributed by atoms with Crippen LogP contribution in [-0.4, -0.2) is 19.7 Å². The summed E-state index contributed by atoms with van der Waals surface area (Å²) in [6.07, 6.45) is 2.87. The Hall–Kier alpha value is -2.08. The lowest BCUT2D eigenvalue weighted by atomic mass is 10.1. The quantitative estimate of drug-likeness (QED) is 0.642. The molecule has 0 amide bonds. The first-order valence-electron chi connectivity index (χ1n) is 7.78. The van der Waals surface area contributed by atoms with E-state index in [-0.39, 0.29) is 4.90 Å². The molecule has 1 heterocycles. The van der Waals surface area contributed by atoms with Gasteiger partial charge in [-0.15, -0.1) is 0 Å². The normalized spacial score (nSPS) is 11.3. The maximum Gasteiger partial charge on any atom is 0.175 e. The third-order valence-electron chi connectivity index (χ3n) is 3.84. The van der Waals surface area contributed by atoms with Gasteiger partial charge in [0, 0.05) is 35.3 Å². The van der Waals surface area contributed by atoms with Gasteiger partial charge in [-0.1, -0.05) is 35.3 Å². The van der Waals surface area contributed by atoms with Gasteiger partial charge >= 0.3 is 0 Å². The van der Waals surface area contributed by atoms with Gasteiger partial charge in [-0.25, -0.2) is 8.42 Å². The highest BCUT2D eigenvalue weighted by Crippen LogP contribution is 2.30. The van der Waals surface area contributed by atoms with Crippen LogP contribution in [0.25, 0.3) is 11.3 Å². The molecule has 7 heteroatoms. The second-order valence-corrected chi connectivity index (χ2v) is 8.62. The number of nitrogens with one attached hydrogen (secondary N) is 1. The molecule has 0 aliphatic rings. The number of nitrogens with zero attached hydrogens (tertiary/aromatic N) is 1. The highest BCUT2D eigenvalue weighted by atomic mass is 35.5. The number of sulfone groups is 1. The average molecular weight is 407 g/mol. The van der Waals surface area contributed by atoms with Gasteiger partial charge in [0.1, 0.15) is 0 Å². The van der Waals surface area contributed by atoms with Crippen molar-refractivity contribution in [2.24, 2.45) is 0 Å². The molecule has 26 heavy (non-hydrogen) atoms. The van der Waals surface area contributed by atoms with Crippen molar-refractivity contribution in [3.63, 3.8) is 0 Å². The number of benzene rings is 2. The smallest absolute Gasteiger partial charge is 0.175 e. The largest absolute Gasteiger partial charge is 0.381 e. The summed E-state index contributed by atoms with van der Waals surface area (Å²) in [6, 6.07) is 16.0. The molecule has 0 spiro atoms. The lowest BCUT2D eigenvalue weighted by Gasteiger charge is -2.11. The molecule has 0 saturated heterocycles. The van der Waals surface area contributed by atoms with Crippen LogP contribution in [0.3, 0.4) is 0 Å². The van der Waals surface area contributed by atoms with Crippen LogP contribution in [0.1, 0.15) is 5.56 Å². The topological polar surface area (TPSA) is 59.1 Å². The molecule has 1 aromatic heterocycles. The summed E-state index contributed by atoms with van der Waals surface area (Å²) in [6.45, 7) is 0.451. The maximum atomic E-state index is 11.6.